The minimum absolute atomic E-state index is 0.0445. The van der Waals surface area contributed by atoms with E-state index in [4.69, 9.17) is 0 Å². The van der Waals surface area contributed by atoms with Crippen LogP contribution in [0.25, 0.3) is 0 Å². The predicted octanol–water partition coefficient (Wildman–Crippen LogP) is 4.45. The summed E-state index contributed by atoms with van der Waals surface area (Å²) in [7, 11) is 0. The van der Waals surface area contributed by atoms with E-state index in [1.54, 1.807) is 12.1 Å². The van der Waals surface area contributed by atoms with Gasteiger partial charge in [-0.3, -0.25) is 0 Å². The molecular weight excluding hydrogens is 249 g/mol. The highest BCUT2D eigenvalue weighted by atomic mass is 19.1. The minimum Gasteiger partial charge on any atom is -0.309 e. The molecule has 106 valence electrons. The van der Waals surface area contributed by atoms with Crippen LogP contribution in [0.3, 0.4) is 0 Å². The number of nitrogens with one attached hydrogen (secondary N) is 1. The SMILES string of the molecule is CC(NCC(C)(C)c1ccccc1)c1cccc(F)c1. The first-order chi connectivity index (χ1) is 9.49. The van der Waals surface area contributed by atoms with Crippen molar-refractivity contribution in [3.05, 3.63) is 71.5 Å². The third-order valence-corrected chi connectivity index (χ3v) is 3.75. The fourth-order valence-corrected chi connectivity index (χ4v) is 2.29. The van der Waals surface area contributed by atoms with Crippen LogP contribution in [-0.4, -0.2) is 6.54 Å². The molecule has 0 spiro atoms. The van der Waals surface area contributed by atoms with Crippen LogP contribution in [0.15, 0.2) is 54.6 Å². The smallest absolute Gasteiger partial charge is 0.123 e. The van der Waals surface area contributed by atoms with Crippen molar-refractivity contribution in [2.75, 3.05) is 6.54 Å². The zero-order valence-electron chi connectivity index (χ0n) is 12.4. The molecule has 1 N–H and O–H groups in total. The van der Waals surface area contributed by atoms with Crippen LogP contribution in [0.5, 0.6) is 0 Å². The van der Waals surface area contributed by atoms with Crippen molar-refractivity contribution in [3.8, 4) is 0 Å². The molecule has 0 amide bonds. The van der Waals surface area contributed by atoms with E-state index in [1.807, 2.05) is 12.1 Å². The highest BCUT2D eigenvalue weighted by Gasteiger charge is 2.21. The average Bonchev–Trinajstić information content (AvgIpc) is 2.46. The topological polar surface area (TPSA) is 12.0 Å². The maximum absolute atomic E-state index is 13.2. The first-order valence-corrected chi connectivity index (χ1v) is 7.03. The molecule has 2 aromatic rings. The van der Waals surface area contributed by atoms with Crippen LogP contribution >= 0.6 is 0 Å². The largest absolute Gasteiger partial charge is 0.309 e. The van der Waals surface area contributed by atoms with Crippen LogP contribution in [0.2, 0.25) is 0 Å². The fraction of sp³-hybridized carbons (Fsp3) is 0.333. The predicted molar refractivity (Wildman–Crippen MR) is 82.3 cm³/mol. The minimum atomic E-state index is -0.182. The monoisotopic (exact) mass is 271 g/mol. The van der Waals surface area contributed by atoms with E-state index in [0.29, 0.717) is 0 Å². The van der Waals surface area contributed by atoms with Crippen molar-refractivity contribution in [3.63, 3.8) is 0 Å². The Balaban J connectivity index is 2.01. The lowest BCUT2D eigenvalue weighted by Gasteiger charge is -2.28. The maximum atomic E-state index is 13.2. The van der Waals surface area contributed by atoms with Crippen LogP contribution < -0.4 is 5.32 Å². The highest BCUT2D eigenvalue weighted by Crippen LogP contribution is 2.23. The molecule has 1 nitrogen and oxygen atoms in total. The van der Waals surface area contributed by atoms with Gasteiger partial charge in [-0.1, -0.05) is 56.3 Å². The van der Waals surface area contributed by atoms with Crippen LogP contribution in [-0.2, 0) is 5.41 Å². The van der Waals surface area contributed by atoms with Gasteiger partial charge >= 0.3 is 0 Å². The Kier molecular flexibility index (Phi) is 4.56. The van der Waals surface area contributed by atoms with Crippen molar-refractivity contribution < 1.29 is 4.39 Å². The standard InChI is InChI=1S/C18H22FN/c1-14(15-8-7-11-17(19)12-15)20-13-18(2,3)16-9-5-4-6-10-16/h4-12,14,20H,13H2,1-3H3. The third kappa shape index (κ3) is 3.67. The van der Waals surface area contributed by atoms with Gasteiger partial charge in [-0.15, -0.1) is 0 Å². The zero-order valence-corrected chi connectivity index (χ0v) is 12.4. The molecule has 0 aromatic heterocycles. The Morgan fingerprint density at radius 3 is 2.40 bits per heavy atom. The van der Waals surface area contributed by atoms with Crippen molar-refractivity contribution in [2.24, 2.45) is 0 Å². The van der Waals surface area contributed by atoms with Crippen molar-refractivity contribution in [1.82, 2.24) is 5.32 Å². The number of hydrogen-bond acceptors (Lipinski definition) is 1. The molecule has 2 aromatic carbocycles. The quantitative estimate of drug-likeness (QED) is 0.847. The maximum Gasteiger partial charge on any atom is 0.123 e. The lowest BCUT2D eigenvalue weighted by atomic mass is 9.84. The zero-order chi connectivity index (χ0) is 14.6. The summed E-state index contributed by atoms with van der Waals surface area (Å²) < 4.78 is 13.2. The number of benzene rings is 2. The van der Waals surface area contributed by atoms with Gasteiger partial charge in [-0.2, -0.15) is 0 Å². The molecule has 0 bridgehead atoms. The summed E-state index contributed by atoms with van der Waals surface area (Å²) in [5, 5.41) is 3.50. The first kappa shape index (κ1) is 14.7. The molecule has 0 aliphatic rings. The Morgan fingerprint density at radius 1 is 1.05 bits per heavy atom. The molecule has 0 fully saturated rings. The lowest BCUT2D eigenvalue weighted by molar-refractivity contribution is 0.434. The fourth-order valence-electron chi connectivity index (χ4n) is 2.29. The second kappa shape index (κ2) is 6.19. The van der Waals surface area contributed by atoms with E-state index >= 15 is 0 Å². The van der Waals surface area contributed by atoms with Gasteiger partial charge in [0.05, 0.1) is 0 Å². The van der Waals surface area contributed by atoms with Crippen LogP contribution in [0, 0.1) is 5.82 Å². The lowest BCUT2D eigenvalue weighted by Crippen LogP contribution is -2.34. The summed E-state index contributed by atoms with van der Waals surface area (Å²) in [5.41, 5.74) is 2.33. The molecular formula is C18H22FN. The highest BCUT2D eigenvalue weighted by molar-refractivity contribution is 5.24. The molecule has 1 atom stereocenters. The van der Waals surface area contributed by atoms with Crippen LogP contribution in [0.4, 0.5) is 4.39 Å². The second-order valence-electron chi connectivity index (χ2n) is 5.91. The Bertz CT molecular complexity index is 548. The van der Waals surface area contributed by atoms with E-state index in [1.165, 1.54) is 11.6 Å². The Labute approximate surface area is 120 Å². The normalized spacial score (nSPS) is 13.2. The van der Waals surface area contributed by atoms with Crippen molar-refractivity contribution in [2.45, 2.75) is 32.2 Å². The molecule has 20 heavy (non-hydrogen) atoms. The van der Waals surface area contributed by atoms with E-state index in [2.05, 4.69) is 50.4 Å². The summed E-state index contributed by atoms with van der Waals surface area (Å²) >= 11 is 0. The average molecular weight is 271 g/mol. The third-order valence-electron chi connectivity index (χ3n) is 3.75. The van der Waals surface area contributed by atoms with Crippen LogP contribution in [0.1, 0.15) is 37.9 Å². The molecule has 0 radical (unpaired) electrons. The van der Waals surface area contributed by atoms with Gasteiger partial charge in [-0.05, 0) is 30.2 Å². The van der Waals surface area contributed by atoms with E-state index in [9.17, 15) is 4.39 Å². The Morgan fingerprint density at radius 2 is 1.75 bits per heavy atom. The molecule has 0 aliphatic carbocycles. The molecule has 2 rings (SSSR count). The molecule has 0 aliphatic heterocycles. The van der Waals surface area contributed by atoms with Gasteiger partial charge in [-0.25, -0.2) is 4.39 Å². The number of halogens is 1. The summed E-state index contributed by atoms with van der Waals surface area (Å²) in [6, 6.07) is 17.4. The van der Waals surface area contributed by atoms with Gasteiger partial charge in [0.1, 0.15) is 5.82 Å². The van der Waals surface area contributed by atoms with E-state index in [-0.39, 0.29) is 17.3 Å². The summed E-state index contributed by atoms with van der Waals surface area (Å²) in [6.07, 6.45) is 0. The van der Waals surface area contributed by atoms with Gasteiger partial charge < -0.3 is 5.32 Å². The summed E-state index contributed by atoms with van der Waals surface area (Å²) in [5.74, 6) is -0.182. The van der Waals surface area contributed by atoms with Crippen molar-refractivity contribution in [1.29, 1.82) is 0 Å². The van der Waals surface area contributed by atoms with E-state index < -0.39 is 0 Å². The summed E-state index contributed by atoms with van der Waals surface area (Å²) in [4.78, 5) is 0. The molecule has 1 unspecified atom stereocenters. The molecule has 2 heteroatoms. The van der Waals surface area contributed by atoms with Gasteiger partial charge in [0, 0.05) is 18.0 Å². The molecule has 0 heterocycles. The number of hydrogen-bond donors (Lipinski definition) is 1. The van der Waals surface area contributed by atoms with Gasteiger partial charge in [0.2, 0.25) is 0 Å². The second-order valence-corrected chi connectivity index (χ2v) is 5.91. The molecule has 0 saturated carbocycles. The summed E-state index contributed by atoms with van der Waals surface area (Å²) in [6.45, 7) is 7.34. The van der Waals surface area contributed by atoms with Gasteiger partial charge in [0.25, 0.3) is 0 Å². The van der Waals surface area contributed by atoms with E-state index in [0.717, 1.165) is 12.1 Å². The Hall–Kier alpha value is -1.67. The number of rotatable bonds is 5. The first-order valence-electron chi connectivity index (χ1n) is 7.03. The van der Waals surface area contributed by atoms with Crippen molar-refractivity contribution >= 4 is 0 Å². The molecule has 0 saturated heterocycles. The van der Waals surface area contributed by atoms with Gasteiger partial charge in [0.15, 0.2) is 0 Å².